The molecule has 0 spiro atoms. The van der Waals surface area contributed by atoms with Crippen LogP contribution in [0.3, 0.4) is 0 Å². The van der Waals surface area contributed by atoms with Gasteiger partial charge in [-0.15, -0.1) is 24.0 Å². The molecule has 0 aromatic rings. The van der Waals surface area contributed by atoms with E-state index in [1.54, 1.807) is 0 Å². The summed E-state index contributed by atoms with van der Waals surface area (Å²) in [6, 6.07) is 1.13. The molecule has 0 aromatic heterocycles. The molecule has 1 N–H and O–H groups in total. The number of nitrogens with zero attached hydrogens (tertiary/aromatic N) is 3. The number of esters is 1. The Morgan fingerprint density at radius 3 is 2.50 bits per heavy atom. The molecule has 2 unspecified atom stereocenters. The fourth-order valence-electron chi connectivity index (χ4n) is 4.02. The van der Waals surface area contributed by atoms with E-state index in [1.165, 1.54) is 32.9 Å². The van der Waals surface area contributed by atoms with Crippen LogP contribution in [0.4, 0.5) is 0 Å². The van der Waals surface area contributed by atoms with Crippen LogP contribution in [-0.4, -0.2) is 73.6 Å². The number of hydrogen-bond donors (Lipinski definition) is 1. The summed E-state index contributed by atoms with van der Waals surface area (Å²) < 4.78 is 4.88. The molecular weight excluding hydrogens is 443 g/mol. The van der Waals surface area contributed by atoms with Gasteiger partial charge in [0.2, 0.25) is 0 Å². The quantitative estimate of drug-likeness (QED) is 0.284. The normalized spacial score (nSPS) is 23.9. The molecule has 6 nitrogen and oxygen atoms in total. The van der Waals surface area contributed by atoms with Gasteiger partial charge in [-0.1, -0.05) is 6.42 Å². The maximum atomic E-state index is 11.7. The Morgan fingerprint density at radius 1 is 1.23 bits per heavy atom. The van der Waals surface area contributed by atoms with Gasteiger partial charge in [0, 0.05) is 31.7 Å². The zero-order valence-electron chi connectivity index (χ0n) is 16.9. The van der Waals surface area contributed by atoms with Crippen molar-refractivity contribution in [3.05, 3.63) is 0 Å². The van der Waals surface area contributed by atoms with Gasteiger partial charge in [0.25, 0.3) is 0 Å². The fourth-order valence-corrected chi connectivity index (χ4v) is 4.02. The van der Waals surface area contributed by atoms with Crippen molar-refractivity contribution in [3.63, 3.8) is 0 Å². The number of nitrogens with one attached hydrogen (secondary N) is 1. The summed E-state index contributed by atoms with van der Waals surface area (Å²) in [6.07, 6.45) is 5.64. The Kier molecular flexibility index (Phi) is 10.8. The molecular formula is C19H37IN4O2. The Balaban J connectivity index is 0.00000338. The number of rotatable bonds is 5. The second-order valence-corrected chi connectivity index (χ2v) is 7.41. The summed E-state index contributed by atoms with van der Waals surface area (Å²) in [5.41, 5.74) is 0. The minimum Gasteiger partial charge on any atom is -0.469 e. The molecule has 0 radical (unpaired) electrons. The average Bonchev–Trinajstić information content (AvgIpc) is 2.64. The third kappa shape index (κ3) is 6.55. The van der Waals surface area contributed by atoms with Gasteiger partial charge < -0.3 is 15.0 Å². The second-order valence-electron chi connectivity index (χ2n) is 7.41. The maximum absolute atomic E-state index is 11.7. The topological polar surface area (TPSA) is 57.2 Å². The van der Waals surface area contributed by atoms with Crippen molar-refractivity contribution in [2.45, 2.75) is 65.0 Å². The lowest BCUT2D eigenvalue weighted by atomic mass is 9.97. The van der Waals surface area contributed by atoms with Crippen molar-refractivity contribution in [1.29, 1.82) is 0 Å². The van der Waals surface area contributed by atoms with Crippen LogP contribution < -0.4 is 5.32 Å². The second kappa shape index (κ2) is 12.0. The highest BCUT2D eigenvalue weighted by molar-refractivity contribution is 14.0. The lowest BCUT2D eigenvalue weighted by Gasteiger charge is -2.38. The van der Waals surface area contributed by atoms with E-state index >= 15 is 0 Å². The standard InChI is InChI=1S/C19H36N4O2.HI/c1-5-20-19(22-12-9-17(10-13-22)18(24)25-4)21-14-16(3)23-11-7-6-8-15(23)2;/h15-17H,5-14H2,1-4H3,(H,20,21);1H. The van der Waals surface area contributed by atoms with Crippen LogP contribution in [0.5, 0.6) is 0 Å². The van der Waals surface area contributed by atoms with Crippen LogP contribution in [0.15, 0.2) is 4.99 Å². The molecule has 2 fully saturated rings. The summed E-state index contributed by atoms with van der Waals surface area (Å²) in [6.45, 7) is 11.3. The summed E-state index contributed by atoms with van der Waals surface area (Å²) >= 11 is 0. The summed E-state index contributed by atoms with van der Waals surface area (Å²) in [4.78, 5) is 21.5. The van der Waals surface area contributed by atoms with E-state index in [4.69, 9.17) is 9.73 Å². The van der Waals surface area contributed by atoms with Gasteiger partial charge in [0.05, 0.1) is 19.6 Å². The first kappa shape index (κ1) is 23.5. The highest BCUT2D eigenvalue weighted by Gasteiger charge is 2.27. The highest BCUT2D eigenvalue weighted by atomic mass is 127. The Morgan fingerprint density at radius 2 is 1.92 bits per heavy atom. The van der Waals surface area contributed by atoms with E-state index in [-0.39, 0.29) is 35.9 Å². The first-order chi connectivity index (χ1) is 12.1. The van der Waals surface area contributed by atoms with Gasteiger partial charge in [0.15, 0.2) is 5.96 Å². The number of methoxy groups -OCH3 is 1. The first-order valence-corrected chi connectivity index (χ1v) is 9.93. The van der Waals surface area contributed by atoms with E-state index in [2.05, 4.69) is 35.9 Å². The SMILES string of the molecule is CCNC(=NCC(C)N1CCCCC1C)N1CCC(C(=O)OC)CC1.I. The molecule has 2 atom stereocenters. The van der Waals surface area contributed by atoms with Crippen molar-refractivity contribution in [2.75, 3.05) is 39.8 Å². The first-order valence-electron chi connectivity index (χ1n) is 9.93. The van der Waals surface area contributed by atoms with Gasteiger partial charge in [0.1, 0.15) is 0 Å². The number of carbonyl (C=O) groups excluding carboxylic acids is 1. The van der Waals surface area contributed by atoms with E-state index in [1.807, 2.05) is 0 Å². The molecule has 2 aliphatic heterocycles. The maximum Gasteiger partial charge on any atom is 0.308 e. The number of guanidine groups is 1. The van der Waals surface area contributed by atoms with Crippen LogP contribution in [0.25, 0.3) is 0 Å². The van der Waals surface area contributed by atoms with Gasteiger partial charge in [-0.25, -0.2) is 0 Å². The molecule has 2 aliphatic rings. The predicted octanol–water partition coefficient (Wildman–Crippen LogP) is 2.72. The highest BCUT2D eigenvalue weighted by Crippen LogP contribution is 2.20. The summed E-state index contributed by atoms with van der Waals surface area (Å²) in [5, 5.41) is 3.42. The Hall–Kier alpha value is -0.570. The van der Waals surface area contributed by atoms with Crippen molar-refractivity contribution >= 4 is 35.9 Å². The number of likely N-dealkylation sites (tertiary alicyclic amines) is 2. The largest absolute Gasteiger partial charge is 0.469 e. The Bertz CT molecular complexity index is 453. The summed E-state index contributed by atoms with van der Waals surface area (Å²) in [7, 11) is 1.48. The molecule has 0 amide bonds. The molecule has 2 rings (SSSR count). The molecule has 152 valence electrons. The number of halogens is 1. The summed E-state index contributed by atoms with van der Waals surface area (Å²) in [5.74, 6) is 0.953. The predicted molar refractivity (Wildman–Crippen MR) is 117 cm³/mol. The third-order valence-electron chi connectivity index (χ3n) is 5.59. The minimum absolute atomic E-state index is 0. The molecule has 2 heterocycles. The van der Waals surface area contributed by atoms with Crippen molar-refractivity contribution in [2.24, 2.45) is 10.9 Å². The molecule has 0 aliphatic carbocycles. The van der Waals surface area contributed by atoms with E-state index in [0.717, 1.165) is 45.0 Å². The van der Waals surface area contributed by atoms with Crippen LogP contribution in [0.2, 0.25) is 0 Å². The molecule has 7 heteroatoms. The van der Waals surface area contributed by atoms with E-state index in [0.29, 0.717) is 12.1 Å². The zero-order chi connectivity index (χ0) is 18.2. The lowest BCUT2D eigenvalue weighted by Crippen LogP contribution is -2.48. The number of carbonyl (C=O) groups is 1. The number of piperidine rings is 2. The number of aliphatic imine (C=N–C) groups is 1. The van der Waals surface area contributed by atoms with Crippen LogP contribution in [0.1, 0.15) is 52.9 Å². The number of hydrogen-bond acceptors (Lipinski definition) is 4. The van der Waals surface area contributed by atoms with E-state index in [9.17, 15) is 4.79 Å². The molecule has 2 saturated heterocycles. The van der Waals surface area contributed by atoms with Gasteiger partial charge in [-0.2, -0.15) is 0 Å². The molecule has 0 aromatic carbocycles. The Labute approximate surface area is 176 Å². The molecule has 0 bridgehead atoms. The lowest BCUT2D eigenvalue weighted by molar-refractivity contribution is -0.146. The van der Waals surface area contributed by atoms with E-state index < -0.39 is 0 Å². The van der Waals surface area contributed by atoms with Gasteiger partial charge in [-0.3, -0.25) is 14.7 Å². The molecule has 0 saturated carbocycles. The third-order valence-corrected chi connectivity index (χ3v) is 5.59. The van der Waals surface area contributed by atoms with Crippen LogP contribution >= 0.6 is 24.0 Å². The van der Waals surface area contributed by atoms with Crippen LogP contribution in [0, 0.1) is 5.92 Å². The van der Waals surface area contributed by atoms with Crippen molar-refractivity contribution in [1.82, 2.24) is 15.1 Å². The zero-order valence-corrected chi connectivity index (χ0v) is 19.2. The monoisotopic (exact) mass is 480 g/mol. The van der Waals surface area contributed by atoms with Crippen molar-refractivity contribution < 1.29 is 9.53 Å². The van der Waals surface area contributed by atoms with Gasteiger partial charge in [-0.05, 0) is 53.0 Å². The fraction of sp³-hybridized carbons (Fsp3) is 0.895. The average molecular weight is 480 g/mol. The number of ether oxygens (including phenoxy) is 1. The van der Waals surface area contributed by atoms with Gasteiger partial charge >= 0.3 is 5.97 Å². The van der Waals surface area contributed by atoms with Crippen molar-refractivity contribution in [3.8, 4) is 0 Å². The molecule has 26 heavy (non-hydrogen) atoms. The van der Waals surface area contributed by atoms with Crippen LogP contribution in [-0.2, 0) is 9.53 Å². The smallest absolute Gasteiger partial charge is 0.308 e. The minimum atomic E-state index is -0.0747.